The van der Waals surface area contributed by atoms with Crippen LogP contribution in [0.2, 0.25) is 25.7 Å². The number of nitrogens with zero attached hydrogens (tertiary/aromatic N) is 5. The van der Waals surface area contributed by atoms with Gasteiger partial charge >= 0.3 is 0 Å². The maximum absolute atomic E-state index is 13.9. The largest absolute Gasteiger partial charge is 0.507 e. The van der Waals surface area contributed by atoms with Gasteiger partial charge in [0.25, 0.3) is 0 Å². The van der Waals surface area contributed by atoms with Crippen molar-refractivity contribution >= 4 is 24.7 Å². The van der Waals surface area contributed by atoms with Gasteiger partial charge < -0.3 is 18.8 Å². The van der Waals surface area contributed by atoms with Gasteiger partial charge in [0, 0.05) is 33.2 Å². The number of hydrogen-bond acceptors (Lipinski definition) is 5. The summed E-state index contributed by atoms with van der Waals surface area (Å²) < 4.78 is 35.8. The van der Waals surface area contributed by atoms with Crippen LogP contribution in [0.5, 0.6) is 5.75 Å². The van der Waals surface area contributed by atoms with E-state index in [9.17, 15) is 4.39 Å². The molecule has 0 radical (unpaired) electrons. The van der Waals surface area contributed by atoms with Crippen molar-refractivity contribution in [3.05, 3.63) is 70.6 Å². The number of hydrogen-bond donors (Lipinski definition) is 0. The molecule has 2 aromatic heterocycles. The lowest BCUT2D eigenvalue weighted by Crippen LogP contribution is -2.22. The van der Waals surface area contributed by atoms with Gasteiger partial charge in [0.15, 0.2) is 11.6 Å². The van der Waals surface area contributed by atoms with Gasteiger partial charge in [-0.25, -0.2) is 18.9 Å². The van der Waals surface area contributed by atoms with E-state index in [0.29, 0.717) is 49.6 Å². The normalized spacial score (nSPS) is 15.7. The molecule has 1 aliphatic rings. The van der Waals surface area contributed by atoms with E-state index in [1.54, 1.807) is 19.2 Å². The molecule has 0 saturated carbocycles. The minimum Gasteiger partial charge on any atom is -0.507 e. The first kappa shape index (κ1) is 27.1. The molecule has 5 rings (SSSR count). The van der Waals surface area contributed by atoms with Crippen LogP contribution in [0.1, 0.15) is 29.5 Å². The molecule has 8 nitrogen and oxygen atoms in total. The molecule has 1 aliphatic heterocycles. The van der Waals surface area contributed by atoms with Crippen LogP contribution in [0.4, 0.5) is 10.1 Å². The fourth-order valence-electron chi connectivity index (χ4n) is 4.93. The first-order valence-electron chi connectivity index (χ1n) is 13.2. The second-order valence-corrected chi connectivity index (χ2v) is 16.7. The summed E-state index contributed by atoms with van der Waals surface area (Å²) in [5.74, 6) is 1.46. The molecule has 1 atom stereocenters. The molecular formula is C29H34FN5O3Si. The first-order valence-corrected chi connectivity index (χ1v) is 16.9. The van der Waals surface area contributed by atoms with Crippen molar-refractivity contribution in [1.82, 2.24) is 19.3 Å². The molecule has 39 heavy (non-hydrogen) atoms. The number of aromatic nitrogens is 4. The van der Waals surface area contributed by atoms with Gasteiger partial charge in [0.1, 0.15) is 24.4 Å². The minimum absolute atomic E-state index is 0.279. The lowest BCUT2D eigenvalue weighted by molar-refractivity contribution is 0.0807. The van der Waals surface area contributed by atoms with Crippen molar-refractivity contribution in [2.75, 3.05) is 20.3 Å². The molecule has 0 aliphatic carbocycles. The van der Waals surface area contributed by atoms with E-state index >= 15 is 0 Å². The molecule has 0 spiro atoms. The molecule has 0 saturated heterocycles. The molecule has 4 aromatic rings. The molecule has 1 unspecified atom stereocenters. The van der Waals surface area contributed by atoms with Gasteiger partial charge in [0.2, 0.25) is 5.69 Å². The third kappa shape index (κ3) is 5.48. The van der Waals surface area contributed by atoms with Crippen molar-refractivity contribution in [1.29, 1.82) is 0 Å². The third-order valence-electron chi connectivity index (χ3n) is 7.03. The molecule has 0 N–H and O–H groups in total. The number of halogens is 1. The fourth-order valence-corrected chi connectivity index (χ4v) is 5.69. The zero-order chi connectivity index (χ0) is 27.7. The molecule has 0 amide bonds. The Morgan fingerprint density at radius 1 is 1.21 bits per heavy atom. The SMILES string of the molecule is [C-]#[N+]c1ccc2c(cc(-c3nc4n(n3)CCCOC4c3ccc(F)cc3C)n2COCC[Si](C)(C)C)c1OC. The van der Waals surface area contributed by atoms with E-state index in [1.165, 1.54) is 12.1 Å². The summed E-state index contributed by atoms with van der Waals surface area (Å²) in [5.41, 5.74) is 3.78. The number of rotatable bonds is 8. The molecule has 2 aromatic carbocycles. The Bertz CT molecular complexity index is 1550. The number of aryl methyl sites for hydroxylation is 2. The maximum Gasteiger partial charge on any atom is 0.228 e. The Morgan fingerprint density at radius 3 is 2.74 bits per heavy atom. The van der Waals surface area contributed by atoms with Gasteiger partial charge in [-0.3, -0.25) is 0 Å². The highest BCUT2D eigenvalue weighted by atomic mass is 28.3. The summed E-state index contributed by atoms with van der Waals surface area (Å²) in [6, 6.07) is 11.5. The van der Waals surface area contributed by atoms with E-state index in [1.807, 2.05) is 28.3 Å². The molecular weight excluding hydrogens is 513 g/mol. The standard InChI is InChI=1S/C29H34FN5O3Si/c1-19-16-20(30)8-9-21(19)27-29-32-28(33-35(29)12-7-13-38-27)25-17-22-24(11-10-23(31-2)26(22)36-3)34(25)18-37-14-15-39(4,5)6/h8-11,16-17,27H,7,12-15,18H2,1,3-6H3. The van der Waals surface area contributed by atoms with E-state index in [4.69, 9.17) is 30.9 Å². The van der Waals surface area contributed by atoms with Gasteiger partial charge in [-0.05, 0) is 54.8 Å². The van der Waals surface area contributed by atoms with Crippen LogP contribution in [0, 0.1) is 19.3 Å². The number of methoxy groups -OCH3 is 1. The van der Waals surface area contributed by atoms with Crippen molar-refractivity contribution in [3.63, 3.8) is 0 Å². The third-order valence-corrected chi connectivity index (χ3v) is 8.74. The molecule has 0 fully saturated rings. The average molecular weight is 548 g/mol. The minimum atomic E-state index is -1.25. The monoisotopic (exact) mass is 547 g/mol. The van der Waals surface area contributed by atoms with Gasteiger partial charge in [0.05, 0.1) is 24.9 Å². The smallest absolute Gasteiger partial charge is 0.228 e. The number of ether oxygens (including phenoxy) is 3. The van der Waals surface area contributed by atoms with Gasteiger partial charge in [-0.2, -0.15) is 0 Å². The van der Waals surface area contributed by atoms with Crippen molar-refractivity contribution in [3.8, 4) is 17.3 Å². The second kappa shape index (κ2) is 10.9. The molecule has 204 valence electrons. The van der Waals surface area contributed by atoms with E-state index in [2.05, 4.69) is 24.5 Å². The van der Waals surface area contributed by atoms with Crippen molar-refractivity contribution < 1.29 is 18.6 Å². The van der Waals surface area contributed by atoms with Crippen LogP contribution in [-0.4, -0.2) is 47.7 Å². The molecule has 0 bridgehead atoms. The summed E-state index contributed by atoms with van der Waals surface area (Å²) in [7, 11) is 0.328. The van der Waals surface area contributed by atoms with E-state index < -0.39 is 14.2 Å². The highest BCUT2D eigenvalue weighted by Crippen LogP contribution is 2.40. The van der Waals surface area contributed by atoms with E-state index in [-0.39, 0.29) is 5.82 Å². The Kier molecular flexibility index (Phi) is 7.58. The summed E-state index contributed by atoms with van der Waals surface area (Å²) in [5, 5.41) is 5.71. The van der Waals surface area contributed by atoms with Crippen LogP contribution in [0.25, 0.3) is 27.3 Å². The summed E-state index contributed by atoms with van der Waals surface area (Å²) in [6.07, 6.45) is 0.334. The highest BCUT2D eigenvalue weighted by molar-refractivity contribution is 6.76. The lowest BCUT2D eigenvalue weighted by Gasteiger charge is -2.17. The molecule has 10 heteroatoms. The maximum atomic E-state index is 13.9. The van der Waals surface area contributed by atoms with Crippen LogP contribution in [-0.2, 0) is 22.7 Å². The zero-order valence-corrected chi connectivity index (χ0v) is 24.1. The Morgan fingerprint density at radius 2 is 2.03 bits per heavy atom. The predicted molar refractivity (Wildman–Crippen MR) is 151 cm³/mol. The average Bonchev–Trinajstić information content (AvgIpc) is 3.42. The number of fused-ring (bicyclic) bond motifs is 2. The van der Waals surface area contributed by atoms with Crippen molar-refractivity contribution in [2.24, 2.45) is 0 Å². The lowest BCUT2D eigenvalue weighted by atomic mass is 10.0. The first-order chi connectivity index (χ1) is 18.7. The quantitative estimate of drug-likeness (QED) is 0.139. The van der Waals surface area contributed by atoms with Gasteiger partial charge in [-0.1, -0.05) is 31.8 Å². The van der Waals surface area contributed by atoms with Gasteiger partial charge in [-0.15, -0.1) is 5.10 Å². The summed E-state index contributed by atoms with van der Waals surface area (Å²) in [4.78, 5) is 8.62. The molecule has 3 heterocycles. The Balaban J connectivity index is 1.60. The highest BCUT2D eigenvalue weighted by Gasteiger charge is 2.28. The van der Waals surface area contributed by atoms with Crippen LogP contribution < -0.4 is 4.74 Å². The topological polar surface area (TPSA) is 67.7 Å². The fraction of sp³-hybridized carbons (Fsp3) is 0.414. The van der Waals surface area contributed by atoms with Crippen LogP contribution in [0.3, 0.4) is 0 Å². The van der Waals surface area contributed by atoms with Crippen LogP contribution in [0.15, 0.2) is 36.4 Å². The predicted octanol–water partition coefficient (Wildman–Crippen LogP) is 6.73. The summed E-state index contributed by atoms with van der Waals surface area (Å²) in [6.45, 7) is 18.6. The summed E-state index contributed by atoms with van der Waals surface area (Å²) >= 11 is 0. The number of benzene rings is 2. The zero-order valence-electron chi connectivity index (χ0n) is 23.1. The van der Waals surface area contributed by atoms with Crippen LogP contribution >= 0.6 is 0 Å². The Labute approximate surface area is 229 Å². The Hall–Kier alpha value is -3.52. The van der Waals surface area contributed by atoms with E-state index in [0.717, 1.165) is 40.2 Å². The van der Waals surface area contributed by atoms with Crippen molar-refractivity contribution in [2.45, 2.75) is 58.4 Å². The second-order valence-electron chi connectivity index (χ2n) is 11.1.